The van der Waals surface area contributed by atoms with E-state index >= 15 is 0 Å². The van der Waals surface area contributed by atoms with E-state index in [2.05, 4.69) is 0 Å². The van der Waals surface area contributed by atoms with Gasteiger partial charge in [-0.3, -0.25) is 4.79 Å². The Hall–Kier alpha value is -0.900. The highest BCUT2D eigenvalue weighted by molar-refractivity contribution is 6.34. The Morgan fingerprint density at radius 1 is 1.62 bits per heavy atom. The second-order valence-electron chi connectivity index (χ2n) is 1.46. The lowest BCUT2D eigenvalue weighted by Crippen LogP contribution is -2.32. The average molecular weight is 117 g/mol. The molecule has 0 bridgehead atoms. The Labute approximate surface area is 46.3 Å². The molecular formula is C4H7NO3. The lowest BCUT2D eigenvalue weighted by Gasteiger charge is -1.94. The number of hydrogen-bond donors (Lipinski definition) is 2. The number of Topliss-reactive ketones (excluding diaryl/α,β-unsaturated/α-hetero) is 1. The number of hydrogen-bond acceptors (Lipinski definition) is 3. The molecule has 0 unspecified atom stereocenters. The van der Waals surface area contributed by atoms with Gasteiger partial charge in [0.25, 0.3) is 5.78 Å². The summed E-state index contributed by atoms with van der Waals surface area (Å²) in [6, 6.07) is -0.896. The van der Waals surface area contributed by atoms with Gasteiger partial charge < -0.3 is 10.8 Å². The van der Waals surface area contributed by atoms with Gasteiger partial charge >= 0.3 is 5.97 Å². The van der Waals surface area contributed by atoms with Crippen LogP contribution < -0.4 is 5.73 Å². The molecule has 3 N–H and O–H groups in total. The van der Waals surface area contributed by atoms with E-state index < -0.39 is 17.8 Å². The fourth-order valence-corrected chi connectivity index (χ4v) is 0.195. The minimum Gasteiger partial charge on any atom is -0.475 e. The van der Waals surface area contributed by atoms with Gasteiger partial charge in [0.15, 0.2) is 0 Å². The van der Waals surface area contributed by atoms with Gasteiger partial charge in [-0.1, -0.05) is 0 Å². The molecular weight excluding hydrogens is 110 g/mol. The van der Waals surface area contributed by atoms with Crippen molar-refractivity contribution in [1.82, 2.24) is 0 Å². The molecule has 0 aliphatic rings. The van der Waals surface area contributed by atoms with Crippen molar-refractivity contribution in [3.05, 3.63) is 0 Å². The van der Waals surface area contributed by atoms with Gasteiger partial charge in [0, 0.05) is 0 Å². The zero-order valence-electron chi connectivity index (χ0n) is 4.42. The van der Waals surface area contributed by atoms with E-state index in [0.717, 1.165) is 0 Å². The predicted molar refractivity (Wildman–Crippen MR) is 26.3 cm³/mol. The van der Waals surface area contributed by atoms with Crippen molar-refractivity contribution in [2.45, 2.75) is 13.0 Å². The topological polar surface area (TPSA) is 80.4 Å². The van der Waals surface area contributed by atoms with E-state index in [9.17, 15) is 9.59 Å². The molecule has 0 radical (unpaired) electrons. The number of carboxylic acid groups (broad SMARTS) is 1. The highest BCUT2D eigenvalue weighted by atomic mass is 16.4. The molecule has 4 heteroatoms. The van der Waals surface area contributed by atoms with Crippen molar-refractivity contribution >= 4 is 11.8 Å². The van der Waals surface area contributed by atoms with Crippen LogP contribution in [0, 0.1) is 0 Å². The summed E-state index contributed by atoms with van der Waals surface area (Å²) in [4.78, 5) is 19.8. The Bertz CT molecular complexity index is 118. The molecule has 0 rings (SSSR count). The lowest BCUT2D eigenvalue weighted by molar-refractivity contribution is -0.149. The number of rotatable bonds is 2. The SMILES string of the molecule is C[C@H](N)C(=O)C(=O)O. The molecule has 0 aromatic rings. The molecule has 0 saturated heterocycles. The summed E-state index contributed by atoms with van der Waals surface area (Å²) in [5, 5.41) is 7.92. The number of carbonyl (C=O) groups is 2. The highest BCUT2D eigenvalue weighted by Crippen LogP contribution is 1.77. The van der Waals surface area contributed by atoms with Crippen LogP contribution in [-0.4, -0.2) is 22.9 Å². The number of carbonyl (C=O) groups excluding carboxylic acids is 1. The molecule has 0 amide bonds. The standard InChI is InChI=1S/C4H7NO3/c1-2(5)3(6)4(7)8/h2H,5H2,1H3,(H,7,8)/t2-/m0/s1. The van der Waals surface area contributed by atoms with E-state index in [1.54, 1.807) is 0 Å². The maximum atomic E-state index is 10.1. The third kappa shape index (κ3) is 1.70. The zero-order valence-corrected chi connectivity index (χ0v) is 4.42. The Balaban J connectivity index is 3.84. The van der Waals surface area contributed by atoms with E-state index in [1.807, 2.05) is 0 Å². The van der Waals surface area contributed by atoms with Crippen LogP contribution in [0.2, 0.25) is 0 Å². The van der Waals surface area contributed by atoms with Crippen molar-refractivity contribution in [2.75, 3.05) is 0 Å². The minimum atomic E-state index is -1.47. The quantitative estimate of drug-likeness (QED) is 0.454. The summed E-state index contributed by atoms with van der Waals surface area (Å²) in [5.41, 5.74) is 4.91. The highest BCUT2D eigenvalue weighted by Gasteiger charge is 2.14. The maximum absolute atomic E-state index is 10.1. The number of nitrogens with two attached hydrogens (primary N) is 1. The molecule has 8 heavy (non-hydrogen) atoms. The van der Waals surface area contributed by atoms with Gasteiger partial charge in [0.2, 0.25) is 0 Å². The molecule has 0 spiro atoms. The molecule has 0 fully saturated rings. The number of aliphatic carboxylic acids is 1. The molecule has 0 heterocycles. The van der Waals surface area contributed by atoms with Crippen LogP contribution in [0.5, 0.6) is 0 Å². The summed E-state index contributed by atoms with van der Waals surface area (Å²) in [7, 11) is 0. The van der Waals surface area contributed by atoms with Gasteiger partial charge in [-0.15, -0.1) is 0 Å². The molecule has 0 aliphatic carbocycles. The van der Waals surface area contributed by atoms with E-state index in [1.165, 1.54) is 6.92 Å². The monoisotopic (exact) mass is 117 g/mol. The first-order valence-electron chi connectivity index (χ1n) is 2.08. The Morgan fingerprint density at radius 2 is 2.00 bits per heavy atom. The van der Waals surface area contributed by atoms with Crippen LogP contribution in [0.4, 0.5) is 0 Å². The van der Waals surface area contributed by atoms with E-state index in [4.69, 9.17) is 10.8 Å². The predicted octanol–water partition coefficient (Wildman–Crippen LogP) is -1.01. The maximum Gasteiger partial charge on any atom is 0.373 e. The van der Waals surface area contributed by atoms with E-state index in [-0.39, 0.29) is 0 Å². The smallest absolute Gasteiger partial charge is 0.373 e. The van der Waals surface area contributed by atoms with Crippen LogP contribution in [0.25, 0.3) is 0 Å². The molecule has 46 valence electrons. The molecule has 0 saturated carbocycles. The van der Waals surface area contributed by atoms with Crippen LogP contribution >= 0.6 is 0 Å². The summed E-state index contributed by atoms with van der Waals surface area (Å²) in [5.74, 6) is -2.43. The van der Waals surface area contributed by atoms with Crippen molar-refractivity contribution in [2.24, 2.45) is 5.73 Å². The van der Waals surface area contributed by atoms with Crippen LogP contribution in [-0.2, 0) is 9.59 Å². The first-order valence-corrected chi connectivity index (χ1v) is 2.08. The van der Waals surface area contributed by atoms with Gasteiger partial charge in [-0.05, 0) is 6.92 Å². The third-order valence-electron chi connectivity index (χ3n) is 0.624. The summed E-state index contributed by atoms with van der Waals surface area (Å²) < 4.78 is 0. The largest absolute Gasteiger partial charge is 0.475 e. The summed E-state index contributed by atoms with van der Waals surface area (Å²) in [6.45, 7) is 1.33. The van der Waals surface area contributed by atoms with Crippen LogP contribution in [0.3, 0.4) is 0 Å². The molecule has 0 aliphatic heterocycles. The van der Waals surface area contributed by atoms with E-state index in [0.29, 0.717) is 0 Å². The Kier molecular flexibility index (Phi) is 2.15. The minimum absolute atomic E-state index is 0.896. The molecule has 4 nitrogen and oxygen atoms in total. The lowest BCUT2D eigenvalue weighted by atomic mass is 10.2. The van der Waals surface area contributed by atoms with Crippen molar-refractivity contribution < 1.29 is 14.7 Å². The van der Waals surface area contributed by atoms with Crippen LogP contribution in [0.15, 0.2) is 0 Å². The van der Waals surface area contributed by atoms with Gasteiger partial charge in [0.05, 0.1) is 6.04 Å². The van der Waals surface area contributed by atoms with Crippen molar-refractivity contribution in [3.63, 3.8) is 0 Å². The first kappa shape index (κ1) is 7.10. The Morgan fingerprint density at radius 3 is 2.00 bits per heavy atom. The fourth-order valence-electron chi connectivity index (χ4n) is 0.195. The fraction of sp³-hybridized carbons (Fsp3) is 0.500. The summed E-state index contributed by atoms with van der Waals surface area (Å²) in [6.07, 6.45) is 0. The van der Waals surface area contributed by atoms with Crippen molar-refractivity contribution in [3.8, 4) is 0 Å². The molecule has 0 aromatic carbocycles. The molecule has 0 aromatic heterocycles. The second-order valence-corrected chi connectivity index (χ2v) is 1.46. The molecule has 1 atom stereocenters. The number of ketones is 1. The second kappa shape index (κ2) is 2.42. The van der Waals surface area contributed by atoms with Crippen LogP contribution in [0.1, 0.15) is 6.92 Å². The van der Waals surface area contributed by atoms with Gasteiger partial charge in [0.1, 0.15) is 0 Å². The average Bonchev–Trinajstić information content (AvgIpc) is 1.64. The number of carboxylic acids is 1. The third-order valence-corrected chi connectivity index (χ3v) is 0.624. The summed E-state index contributed by atoms with van der Waals surface area (Å²) >= 11 is 0. The van der Waals surface area contributed by atoms with Gasteiger partial charge in [-0.2, -0.15) is 0 Å². The normalized spacial score (nSPS) is 12.8. The zero-order chi connectivity index (χ0) is 6.73. The van der Waals surface area contributed by atoms with Gasteiger partial charge in [-0.25, -0.2) is 4.79 Å². The van der Waals surface area contributed by atoms with Crippen molar-refractivity contribution in [1.29, 1.82) is 0 Å². The first-order chi connectivity index (χ1) is 3.55.